The van der Waals surface area contributed by atoms with Crippen LogP contribution in [-0.2, 0) is 14.3 Å². The predicted octanol–water partition coefficient (Wildman–Crippen LogP) is 13.3. The first-order valence-electron chi connectivity index (χ1n) is 23.0. The number of aliphatic hydroxyl groups excluding tert-OH is 2. The van der Waals surface area contributed by atoms with Gasteiger partial charge in [-0.3, -0.25) is 9.59 Å². The highest BCUT2D eigenvalue weighted by Gasteiger charge is 2.24. The van der Waals surface area contributed by atoms with Crippen LogP contribution in [0.25, 0.3) is 0 Å². The van der Waals surface area contributed by atoms with Gasteiger partial charge in [0.2, 0.25) is 5.91 Å². The van der Waals surface area contributed by atoms with Gasteiger partial charge in [-0.25, -0.2) is 0 Å². The number of esters is 1. The molecule has 0 fully saturated rings. The molecule has 0 saturated carbocycles. The van der Waals surface area contributed by atoms with Gasteiger partial charge in [0.25, 0.3) is 0 Å². The third kappa shape index (κ3) is 38.2. The number of aliphatic hydroxyl groups is 2. The van der Waals surface area contributed by atoms with Crippen molar-refractivity contribution in [2.24, 2.45) is 0 Å². The van der Waals surface area contributed by atoms with Crippen molar-refractivity contribution < 1.29 is 24.5 Å². The van der Waals surface area contributed by atoms with Crippen molar-refractivity contribution in [2.45, 2.75) is 232 Å². The molecule has 3 N–H and O–H groups in total. The molecule has 0 aromatic rings. The lowest BCUT2D eigenvalue weighted by molar-refractivity contribution is -0.151. The molecule has 0 spiro atoms. The first-order chi connectivity index (χ1) is 27.0. The van der Waals surface area contributed by atoms with E-state index in [0.717, 1.165) is 83.5 Å². The topological polar surface area (TPSA) is 95.9 Å². The van der Waals surface area contributed by atoms with Crippen molar-refractivity contribution >= 4 is 11.9 Å². The number of carbonyl (C=O) groups is 2. The fourth-order valence-electron chi connectivity index (χ4n) is 6.58. The van der Waals surface area contributed by atoms with Gasteiger partial charge in [0, 0.05) is 6.42 Å². The summed E-state index contributed by atoms with van der Waals surface area (Å²) in [5, 5.41) is 23.6. The summed E-state index contributed by atoms with van der Waals surface area (Å²) in [5.41, 5.74) is 0. The molecule has 0 aliphatic rings. The second-order valence-corrected chi connectivity index (χ2v) is 15.4. The molecule has 0 heterocycles. The fourth-order valence-corrected chi connectivity index (χ4v) is 6.58. The van der Waals surface area contributed by atoms with Gasteiger partial charge in [-0.1, -0.05) is 184 Å². The molecule has 3 unspecified atom stereocenters. The Kier molecular flexibility index (Phi) is 40.8. The van der Waals surface area contributed by atoms with E-state index in [-0.39, 0.29) is 24.9 Å². The normalized spacial score (nSPS) is 13.9. The molecule has 6 nitrogen and oxygen atoms in total. The van der Waals surface area contributed by atoms with E-state index in [1.165, 1.54) is 83.5 Å². The lowest BCUT2D eigenvalue weighted by Gasteiger charge is -2.24. The quantitative estimate of drug-likeness (QED) is 0.0328. The largest absolute Gasteiger partial charge is 0.462 e. The molecule has 0 aromatic carbocycles. The molecular formula is C49H87NO5. The lowest BCUT2D eigenvalue weighted by atomic mass is 10.0. The summed E-state index contributed by atoms with van der Waals surface area (Å²) in [4.78, 5) is 26.0. The molecule has 0 aromatic heterocycles. The van der Waals surface area contributed by atoms with Gasteiger partial charge < -0.3 is 20.3 Å². The zero-order valence-corrected chi connectivity index (χ0v) is 36.0. The fraction of sp³-hybridized carbons (Fsp3) is 0.755. The van der Waals surface area contributed by atoms with Crippen LogP contribution in [0.5, 0.6) is 0 Å². The van der Waals surface area contributed by atoms with E-state index in [1.54, 1.807) is 0 Å². The lowest BCUT2D eigenvalue weighted by Crippen LogP contribution is -2.46. The van der Waals surface area contributed by atoms with E-state index in [0.29, 0.717) is 19.3 Å². The van der Waals surface area contributed by atoms with Crippen LogP contribution in [0.3, 0.4) is 0 Å². The summed E-state index contributed by atoms with van der Waals surface area (Å²) in [7, 11) is 0. The maximum Gasteiger partial charge on any atom is 0.306 e. The molecule has 0 rings (SSSR count). The molecule has 6 heteroatoms. The number of unbranched alkanes of at least 4 members (excludes halogenated alkanes) is 18. The van der Waals surface area contributed by atoms with Crippen molar-refractivity contribution in [3.8, 4) is 0 Å². The minimum absolute atomic E-state index is 0.0351. The van der Waals surface area contributed by atoms with Crippen LogP contribution >= 0.6 is 0 Å². The van der Waals surface area contributed by atoms with Crippen LogP contribution in [0.2, 0.25) is 0 Å². The molecule has 55 heavy (non-hydrogen) atoms. The van der Waals surface area contributed by atoms with E-state index in [1.807, 2.05) is 0 Å². The number of hydrogen-bond acceptors (Lipinski definition) is 5. The van der Waals surface area contributed by atoms with Crippen LogP contribution in [0.4, 0.5) is 0 Å². The maximum absolute atomic E-state index is 13.1. The van der Waals surface area contributed by atoms with Crippen LogP contribution in [-0.4, -0.2) is 46.9 Å². The van der Waals surface area contributed by atoms with E-state index >= 15 is 0 Å². The van der Waals surface area contributed by atoms with Gasteiger partial charge in [-0.05, 0) is 77.0 Å². The molecule has 0 aliphatic carbocycles. The Labute approximate surface area is 339 Å². The highest BCUT2D eigenvalue weighted by molar-refractivity contribution is 5.77. The minimum Gasteiger partial charge on any atom is -0.462 e. The number of ether oxygens (including phenoxy) is 1. The zero-order valence-electron chi connectivity index (χ0n) is 36.0. The van der Waals surface area contributed by atoms with Crippen molar-refractivity contribution in [3.05, 3.63) is 60.8 Å². The minimum atomic E-state index is -0.802. The van der Waals surface area contributed by atoms with E-state index < -0.39 is 18.2 Å². The number of nitrogens with one attached hydrogen (secondary N) is 1. The monoisotopic (exact) mass is 770 g/mol. The van der Waals surface area contributed by atoms with Gasteiger partial charge in [0.1, 0.15) is 6.10 Å². The van der Waals surface area contributed by atoms with Crippen LogP contribution in [0.15, 0.2) is 60.8 Å². The van der Waals surface area contributed by atoms with Crippen molar-refractivity contribution in [1.82, 2.24) is 5.32 Å². The zero-order chi connectivity index (χ0) is 40.3. The molecule has 318 valence electrons. The summed E-state index contributed by atoms with van der Waals surface area (Å²) >= 11 is 0. The number of hydrogen-bond donors (Lipinski definition) is 3. The Morgan fingerprint density at radius 3 is 1.60 bits per heavy atom. The first kappa shape index (κ1) is 52.6. The van der Waals surface area contributed by atoms with Crippen LogP contribution in [0.1, 0.15) is 213 Å². The predicted molar refractivity (Wildman–Crippen MR) is 236 cm³/mol. The second-order valence-electron chi connectivity index (χ2n) is 15.4. The molecule has 3 atom stereocenters. The molecule has 0 aliphatic heterocycles. The van der Waals surface area contributed by atoms with E-state index in [9.17, 15) is 19.8 Å². The summed E-state index contributed by atoms with van der Waals surface area (Å²) in [5.74, 6) is -0.544. The Hall–Kier alpha value is -2.44. The van der Waals surface area contributed by atoms with E-state index in [2.05, 4.69) is 86.8 Å². The van der Waals surface area contributed by atoms with Crippen molar-refractivity contribution in [3.63, 3.8) is 0 Å². The van der Waals surface area contributed by atoms with Gasteiger partial charge in [-0.2, -0.15) is 0 Å². The van der Waals surface area contributed by atoms with Crippen molar-refractivity contribution in [1.29, 1.82) is 0 Å². The molecule has 0 saturated heterocycles. The average molecular weight is 770 g/mol. The molecule has 0 radical (unpaired) electrons. The number of amides is 1. The Morgan fingerprint density at radius 1 is 0.545 bits per heavy atom. The Bertz CT molecular complexity index is 999. The van der Waals surface area contributed by atoms with Gasteiger partial charge in [0.15, 0.2) is 0 Å². The van der Waals surface area contributed by atoms with E-state index in [4.69, 9.17) is 4.74 Å². The third-order valence-electron chi connectivity index (χ3n) is 10.1. The molecule has 1 amide bonds. The van der Waals surface area contributed by atoms with Crippen LogP contribution < -0.4 is 5.32 Å². The SMILES string of the molecule is CC/C=C/C/C=C/C/C=C/C/C=C/CCCC(CC(=O)NC(CO)C(O)CCCCCCCCCCCCC)OC(=O)CCCCCCC/C=C\CCCC. The van der Waals surface area contributed by atoms with Crippen molar-refractivity contribution in [2.75, 3.05) is 6.61 Å². The van der Waals surface area contributed by atoms with Gasteiger partial charge in [0.05, 0.1) is 25.2 Å². The number of carbonyl (C=O) groups excluding carboxylic acids is 2. The average Bonchev–Trinajstić information content (AvgIpc) is 3.18. The molecule has 0 bridgehead atoms. The summed E-state index contributed by atoms with van der Waals surface area (Å²) in [6.45, 7) is 6.29. The highest BCUT2D eigenvalue weighted by Crippen LogP contribution is 2.16. The Morgan fingerprint density at radius 2 is 1.02 bits per heavy atom. The van der Waals surface area contributed by atoms with Gasteiger partial charge >= 0.3 is 5.97 Å². The number of rotatable bonds is 40. The standard InChI is InChI=1S/C49H87NO5/c1-4-7-10-13-16-19-22-23-24-27-28-31-34-37-40-45(55-49(54)42-39-36-33-30-26-21-18-15-12-9-6-3)43-48(53)50-46(44-51)47(52)41-38-35-32-29-25-20-17-14-11-8-5-2/h7,10,15-16,18-19,23-24,28,31,45-47,51-52H,4-6,8-9,11-14,17,20-22,25-27,29-30,32-44H2,1-3H3,(H,50,53)/b10-7+,18-15-,19-16+,24-23+,31-28+. The third-order valence-corrected chi connectivity index (χ3v) is 10.1. The second kappa shape index (κ2) is 42.7. The van der Waals surface area contributed by atoms with Crippen LogP contribution in [0, 0.1) is 0 Å². The summed E-state index contributed by atoms with van der Waals surface area (Å²) < 4.78 is 5.87. The number of allylic oxidation sites excluding steroid dienone is 10. The first-order valence-corrected chi connectivity index (χ1v) is 23.0. The summed E-state index contributed by atoms with van der Waals surface area (Å²) in [6, 6.07) is -0.719. The van der Waals surface area contributed by atoms with Gasteiger partial charge in [-0.15, -0.1) is 0 Å². The molecular weight excluding hydrogens is 683 g/mol. The Balaban J connectivity index is 4.72. The smallest absolute Gasteiger partial charge is 0.306 e. The highest BCUT2D eigenvalue weighted by atomic mass is 16.5. The summed E-state index contributed by atoms with van der Waals surface area (Å²) in [6.07, 6.45) is 51.4. The maximum atomic E-state index is 13.1.